The van der Waals surface area contributed by atoms with Gasteiger partial charge in [0.15, 0.2) is 0 Å². The van der Waals surface area contributed by atoms with Crippen molar-refractivity contribution in [3.63, 3.8) is 0 Å². The molecule has 2 heterocycles. The molecular formula is C27H43N5O5. The zero-order valence-electron chi connectivity index (χ0n) is 22.8. The van der Waals surface area contributed by atoms with Gasteiger partial charge in [0, 0.05) is 18.9 Å². The van der Waals surface area contributed by atoms with Crippen molar-refractivity contribution in [2.75, 3.05) is 6.54 Å². The van der Waals surface area contributed by atoms with E-state index in [4.69, 9.17) is 0 Å². The predicted octanol–water partition coefficient (Wildman–Crippen LogP) is 3.18. The highest BCUT2D eigenvalue weighted by Gasteiger charge is 2.43. The number of amides is 3. The molecule has 1 saturated carbocycles. The number of hydrogen-bond donors (Lipinski definition) is 3. The highest BCUT2D eigenvalue weighted by molar-refractivity contribution is 5.97. The molecule has 2 unspecified atom stereocenters. The third kappa shape index (κ3) is 8.50. The van der Waals surface area contributed by atoms with Gasteiger partial charge < -0.3 is 20.6 Å². The highest BCUT2D eigenvalue weighted by atomic mass is 16.4. The number of carbonyl (C=O) groups is 4. The number of aliphatic carboxylic acids is 1. The second-order valence-electron chi connectivity index (χ2n) is 11.0. The van der Waals surface area contributed by atoms with Gasteiger partial charge in [0.05, 0.1) is 6.20 Å². The van der Waals surface area contributed by atoms with E-state index in [0.29, 0.717) is 19.4 Å². The van der Waals surface area contributed by atoms with Gasteiger partial charge in [0.25, 0.3) is 5.91 Å². The second-order valence-corrected chi connectivity index (χ2v) is 11.0. The van der Waals surface area contributed by atoms with E-state index in [-0.39, 0.29) is 11.6 Å². The van der Waals surface area contributed by atoms with Crippen LogP contribution in [0.2, 0.25) is 0 Å². The predicted molar refractivity (Wildman–Crippen MR) is 140 cm³/mol. The maximum Gasteiger partial charge on any atom is 0.326 e. The monoisotopic (exact) mass is 517 g/mol. The summed E-state index contributed by atoms with van der Waals surface area (Å²) in [5.74, 6) is -2.45. The Balaban J connectivity index is 0.00000153. The number of carboxylic acid groups (broad SMARTS) is 1. The van der Waals surface area contributed by atoms with Crippen LogP contribution >= 0.6 is 0 Å². The lowest BCUT2D eigenvalue weighted by Crippen LogP contribution is -2.61. The first-order valence-corrected chi connectivity index (χ1v) is 13.4. The summed E-state index contributed by atoms with van der Waals surface area (Å²) >= 11 is 0. The van der Waals surface area contributed by atoms with Gasteiger partial charge in [0.1, 0.15) is 23.8 Å². The van der Waals surface area contributed by atoms with Crippen LogP contribution in [0.5, 0.6) is 0 Å². The Morgan fingerprint density at radius 1 is 1.03 bits per heavy atom. The summed E-state index contributed by atoms with van der Waals surface area (Å²) in [5, 5.41) is 15.2. The number of hydrogen-bond acceptors (Lipinski definition) is 6. The molecule has 10 heteroatoms. The van der Waals surface area contributed by atoms with Crippen LogP contribution in [0.25, 0.3) is 0 Å². The van der Waals surface area contributed by atoms with E-state index in [2.05, 4.69) is 34.4 Å². The van der Waals surface area contributed by atoms with E-state index in [1.807, 2.05) is 20.8 Å². The van der Waals surface area contributed by atoms with Crippen LogP contribution in [-0.4, -0.2) is 68.3 Å². The molecule has 3 rings (SSSR count). The number of rotatable bonds is 7. The molecule has 1 saturated heterocycles. The lowest BCUT2D eigenvalue weighted by Gasteiger charge is -2.37. The lowest BCUT2D eigenvalue weighted by molar-refractivity contribution is -0.150. The fourth-order valence-corrected chi connectivity index (χ4v) is 4.83. The maximum absolute atomic E-state index is 13.6. The topological polar surface area (TPSA) is 142 Å². The van der Waals surface area contributed by atoms with E-state index in [9.17, 15) is 24.3 Å². The zero-order valence-corrected chi connectivity index (χ0v) is 22.8. The summed E-state index contributed by atoms with van der Waals surface area (Å²) in [7, 11) is 0. The first-order valence-electron chi connectivity index (χ1n) is 13.4. The van der Waals surface area contributed by atoms with E-state index >= 15 is 0 Å². The molecule has 1 aromatic heterocycles. The van der Waals surface area contributed by atoms with Crippen molar-refractivity contribution < 1.29 is 24.3 Å². The quantitative estimate of drug-likeness (QED) is 0.504. The molecular weight excluding hydrogens is 474 g/mol. The largest absolute Gasteiger partial charge is 0.480 e. The number of nitrogens with one attached hydrogen (secondary N) is 2. The van der Waals surface area contributed by atoms with Gasteiger partial charge in [0.2, 0.25) is 11.8 Å². The van der Waals surface area contributed by atoms with E-state index in [0.717, 1.165) is 32.1 Å². The van der Waals surface area contributed by atoms with Gasteiger partial charge in [-0.2, -0.15) is 0 Å². The molecule has 206 valence electrons. The van der Waals surface area contributed by atoms with Crippen LogP contribution in [0, 0.1) is 11.3 Å². The Morgan fingerprint density at radius 3 is 2.22 bits per heavy atom. The average Bonchev–Trinajstić information content (AvgIpc) is 3.36. The maximum atomic E-state index is 13.6. The average molecular weight is 518 g/mol. The van der Waals surface area contributed by atoms with E-state index in [1.54, 1.807) is 0 Å². The van der Waals surface area contributed by atoms with E-state index in [1.165, 1.54) is 29.9 Å². The normalized spacial score (nSPS) is 19.7. The summed E-state index contributed by atoms with van der Waals surface area (Å²) in [6.45, 7) is 10.1. The van der Waals surface area contributed by atoms with Crippen molar-refractivity contribution in [3.05, 3.63) is 24.3 Å². The minimum Gasteiger partial charge on any atom is -0.480 e. The van der Waals surface area contributed by atoms with Gasteiger partial charge in [-0.15, -0.1) is 0 Å². The molecule has 0 aromatic carbocycles. The highest BCUT2D eigenvalue weighted by Crippen LogP contribution is 2.29. The third-order valence-corrected chi connectivity index (χ3v) is 6.71. The second kappa shape index (κ2) is 14.0. The molecule has 3 amide bonds. The molecule has 37 heavy (non-hydrogen) atoms. The molecule has 3 atom stereocenters. The van der Waals surface area contributed by atoms with E-state index < -0.39 is 47.2 Å². The fourth-order valence-electron chi connectivity index (χ4n) is 4.83. The zero-order chi connectivity index (χ0) is 27.6. The molecule has 3 N–H and O–H groups in total. The lowest BCUT2D eigenvalue weighted by atomic mass is 9.82. The van der Waals surface area contributed by atoms with Crippen molar-refractivity contribution in [2.45, 2.75) is 104 Å². The number of carbonyl (C=O) groups excluding carboxylic acids is 3. The van der Waals surface area contributed by atoms with Crippen LogP contribution in [0.1, 0.15) is 96.5 Å². The SMILES string of the molecule is CC(C)(C)C(NC(=O)[C@@H](NC(=O)c1cnccn1)C1CCCCC1)C(=O)N1CCCC1C(=O)O.CCC. The van der Waals surface area contributed by atoms with Crippen LogP contribution in [0.15, 0.2) is 18.6 Å². The van der Waals surface area contributed by atoms with Crippen LogP contribution in [0.3, 0.4) is 0 Å². The molecule has 1 aliphatic carbocycles. The Morgan fingerprint density at radius 2 is 1.68 bits per heavy atom. The minimum absolute atomic E-state index is 0.0661. The van der Waals surface area contributed by atoms with Crippen molar-refractivity contribution >= 4 is 23.7 Å². The Labute approximate surface area is 220 Å². The number of likely N-dealkylation sites (tertiary alicyclic amines) is 1. The summed E-state index contributed by atoms with van der Waals surface area (Å²) < 4.78 is 0. The molecule has 2 aliphatic rings. The Hall–Kier alpha value is -3.04. The molecule has 0 spiro atoms. The summed E-state index contributed by atoms with van der Waals surface area (Å²) in [4.78, 5) is 60.7. The van der Waals surface area contributed by atoms with Crippen LogP contribution < -0.4 is 10.6 Å². The smallest absolute Gasteiger partial charge is 0.326 e. The van der Waals surface area contributed by atoms with Gasteiger partial charge >= 0.3 is 5.97 Å². The molecule has 0 bridgehead atoms. The molecule has 1 aliphatic heterocycles. The first-order chi connectivity index (χ1) is 17.5. The molecule has 1 aromatic rings. The van der Waals surface area contributed by atoms with Gasteiger partial charge in [-0.3, -0.25) is 19.4 Å². The molecule has 10 nitrogen and oxygen atoms in total. The van der Waals surface area contributed by atoms with Crippen molar-refractivity contribution in [1.29, 1.82) is 0 Å². The summed E-state index contributed by atoms with van der Waals surface area (Å²) in [6, 6.07) is -2.65. The molecule has 2 fully saturated rings. The van der Waals surface area contributed by atoms with Gasteiger partial charge in [-0.25, -0.2) is 9.78 Å². The Kier molecular flexibility index (Phi) is 11.5. The Bertz CT molecular complexity index is 912. The summed E-state index contributed by atoms with van der Waals surface area (Å²) in [5.41, 5.74) is -0.550. The molecule has 0 radical (unpaired) electrons. The summed E-state index contributed by atoms with van der Waals surface area (Å²) in [6.07, 6.45) is 11.1. The minimum atomic E-state index is -1.04. The fraction of sp³-hybridized carbons (Fsp3) is 0.704. The van der Waals surface area contributed by atoms with Crippen molar-refractivity contribution in [3.8, 4) is 0 Å². The standard InChI is InChI=1S/C24H35N5O5.C3H8/c1-24(2,3)19(22(32)29-13-7-10-17(29)23(33)34)28-21(31)18(15-8-5-4-6-9-15)27-20(30)16-14-25-11-12-26-16;1-3-2/h11-12,14-15,17-19H,4-10,13H2,1-3H3,(H,27,30)(H,28,31)(H,33,34);3H2,1-2H3/t17?,18-,19?;/m0./s1. The van der Waals surface area contributed by atoms with Crippen LogP contribution in [0.4, 0.5) is 0 Å². The number of aromatic nitrogens is 2. The first kappa shape index (κ1) is 30.2. The van der Waals surface area contributed by atoms with Crippen molar-refractivity contribution in [2.24, 2.45) is 11.3 Å². The van der Waals surface area contributed by atoms with Gasteiger partial charge in [-0.1, -0.05) is 60.3 Å². The third-order valence-electron chi connectivity index (χ3n) is 6.71. The number of carboxylic acids is 1. The van der Waals surface area contributed by atoms with Gasteiger partial charge in [-0.05, 0) is 37.0 Å². The van der Waals surface area contributed by atoms with Crippen LogP contribution in [-0.2, 0) is 14.4 Å². The number of nitrogens with zero attached hydrogens (tertiary/aromatic N) is 3. The van der Waals surface area contributed by atoms with Crippen molar-refractivity contribution in [1.82, 2.24) is 25.5 Å².